The van der Waals surface area contributed by atoms with Crippen LogP contribution in [0.5, 0.6) is 0 Å². The van der Waals surface area contributed by atoms with Crippen LogP contribution in [0, 0.1) is 0 Å². The normalized spacial score (nSPS) is 17.4. The van der Waals surface area contributed by atoms with Gasteiger partial charge in [-0.05, 0) is 38.6 Å². The monoisotopic (exact) mass is 366 g/mol. The Morgan fingerprint density at radius 2 is 1.92 bits per heavy atom. The van der Waals surface area contributed by atoms with Crippen molar-refractivity contribution < 1.29 is 9.59 Å². The molecule has 2 amide bonds. The molecule has 0 aliphatic carbocycles. The Morgan fingerprint density at radius 3 is 2.52 bits per heavy atom. The number of piperazine rings is 1. The number of nitrogens with zero attached hydrogens (tertiary/aromatic N) is 2. The summed E-state index contributed by atoms with van der Waals surface area (Å²) in [5, 5.41) is 8.01. The smallest absolute Gasteiger partial charge is 0.237 e. The van der Waals surface area contributed by atoms with E-state index in [-0.39, 0.29) is 23.9 Å². The average molecular weight is 367 g/mol. The second-order valence-corrected chi connectivity index (χ2v) is 7.86. The molecule has 1 unspecified atom stereocenters. The highest BCUT2D eigenvalue weighted by Gasteiger charge is 2.26. The minimum Gasteiger partial charge on any atom is -0.354 e. The molecule has 0 radical (unpaired) electrons. The van der Waals surface area contributed by atoms with Crippen LogP contribution in [-0.2, 0) is 16.0 Å². The minimum atomic E-state index is -0.130. The number of hydrogen-bond acceptors (Lipinski definition) is 5. The van der Waals surface area contributed by atoms with E-state index < -0.39 is 0 Å². The summed E-state index contributed by atoms with van der Waals surface area (Å²) in [5.41, 5.74) is 0. The molecule has 1 fully saturated rings. The van der Waals surface area contributed by atoms with Gasteiger partial charge >= 0.3 is 0 Å². The fourth-order valence-electron chi connectivity index (χ4n) is 2.96. The zero-order valence-electron chi connectivity index (χ0n) is 15.5. The van der Waals surface area contributed by atoms with E-state index in [1.807, 2.05) is 26.8 Å². The Bertz CT molecular complexity index is 539. The first-order valence-electron chi connectivity index (χ1n) is 9.01. The lowest BCUT2D eigenvalue weighted by atomic mass is 10.2. The van der Waals surface area contributed by atoms with Crippen LogP contribution in [0.4, 0.5) is 0 Å². The quantitative estimate of drug-likeness (QED) is 0.719. The first-order valence-corrected chi connectivity index (χ1v) is 9.89. The predicted molar refractivity (Wildman–Crippen MR) is 102 cm³/mol. The number of nitrogens with one attached hydrogen (secondary N) is 2. The van der Waals surface area contributed by atoms with Gasteiger partial charge in [0.15, 0.2) is 0 Å². The third-order valence-electron chi connectivity index (χ3n) is 4.40. The van der Waals surface area contributed by atoms with Gasteiger partial charge in [0, 0.05) is 43.6 Å². The number of thiophene rings is 1. The molecule has 2 N–H and O–H groups in total. The molecule has 1 saturated heterocycles. The fraction of sp³-hybridized carbons (Fsp3) is 0.667. The van der Waals surface area contributed by atoms with E-state index in [0.29, 0.717) is 13.1 Å². The summed E-state index contributed by atoms with van der Waals surface area (Å²) in [4.78, 5) is 29.8. The van der Waals surface area contributed by atoms with E-state index >= 15 is 0 Å². The third kappa shape index (κ3) is 6.76. The number of carbonyl (C=O) groups excluding carboxylic acids is 2. The maximum Gasteiger partial charge on any atom is 0.237 e. The summed E-state index contributed by atoms with van der Waals surface area (Å²) in [5.74, 6) is 0.158. The molecule has 1 aliphatic heterocycles. The highest BCUT2D eigenvalue weighted by molar-refractivity contribution is 7.09. The van der Waals surface area contributed by atoms with Crippen molar-refractivity contribution in [1.82, 2.24) is 20.4 Å². The molecule has 1 aliphatic rings. The molecule has 1 atom stereocenters. The zero-order chi connectivity index (χ0) is 18.2. The van der Waals surface area contributed by atoms with Gasteiger partial charge in [-0.2, -0.15) is 0 Å². The lowest BCUT2D eigenvalue weighted by molar-refractivity contribution is -0.128. The zero-order valence-corrected chi connectivity index (χ0v) is 16.3. The van der Waals surface area contributed by atoms with E-state index in [1.165, 1.54) is 4.88 Å². The highest BCUT2D eigenvalue weighted by atomic mass is 32.1. The molecule has 25 heavy (non-hydrogen) atoms. The molecular formula is C18H30N4O2S. The minimum absolute atomic E-state index is 0.0721. The molecule has 7 heteroatoms. The largest absolute Gasteiger partial charge is 0.354 e. The topological polar surface area (TPSA) is 64.7 Å². The van der Waals surface area contributed by atoms with Crippen LogP contribution in [0.1, 0.15) is 25.6 Å². The Balaban J connectivity index is 1.66. The molecule has 2 rings (SSSR count). The maximum atomic E-state index is 12.3. The van der Waals surface area contributed by atoms with Gasteiger partial charge < -0.3 is 10.6 Å². The molecule has 0 bridgehead atoms. The van der Waals surface area contributed by atoms with Crippen molar-refractivity contribution >= 4 is 23.2 Å². The van der Waals surface area contributed by atoms with Crippen LogP contribution in [0.2, 0.25) is 0 Å². The van der Waals surface area contributed by atoms with Crippen molar-refractivity contribution in [3.8, 4) is 0 Å². The van der Waals surface area contributed by atoms with Gasteiger partial charge in [0.1, 0.15) is 0 Å². The Kier molecular flexibility index (Phi) is 7.87. The molecule has 1 aromatic heterocycles. The lowest BCUT2D eigenvalue weighted by Gasteiger charge is -2.37. The van der Waals surface area contributed by atoms with Crippen LogP contribution in [0.15, 0.2) is 17.5 Å². The molecule has 0 aromatic carbocycles. The highest BCUT2D eigenvalue weighted by Crippen LogP contribution is 2.09. The molecule has 2 heterocycles. The van der Waals surface area contributed by atoms with E-state index in [1.54, 1.807) is 11.3 Å². The Labute approximate surface area is 154 Å². The van der Waals surface area contributed by atoms with Gasteiger partial charge in [-0.3, -0.25) is 19.4 Å². The first-order chi connectivity index (χ1) is 12.0. The SMILES string of the molecule is CC(C)NC(=O)CN1CCN(C(C)C(=O)NCCc2cccs2)CC1. The van der Waals surface area contributed by atoms with Crippen molar-refractivity contribution in [2.24, 2.45) is 0 Å². The van der Waals surface area contributed by atoms with Gasteiger partial charge in [-0.1, -0.05) is 6.07 Å². The van der Waals surface area contributed by atoms with Crippen LogP contribution < -0.4 is 10.6 Å². The van der Waals surface area contributed by atoms with E-state index in [9.17, 15) is 9.59 Å². The van der Waals surface area contributed by atoms with Crippen LogP contribution in [0.25, 0.3) is 0 Å². The number of amides is 2. The molecule has 140 valence electrons. The molecular weight excluding hydrogens is 336 g/mol. The van der Waals surface area contributed by atoms with Crippen molar-refractivity contribution in [2.75, 3.05) is 39.3 Å². The average Bonchev–Trinajstić information content (AvgIpc) is 3.07. The Morgan fingerprint density at radius 1 is 1.20 bits per heavy atom. The van der Waals surface area contributed by atoms with Crippen molar-refractivity contribution in [1.29, 1.82) is 0 Å². The number of hydrogen-bond donors (Lipinski definition) is 2. The standard InChI is InChI=1S/C18H30N4O2S/c1-14(2)20-17(23)13-21-8-10-22(11-9-21)15(3)18(24)19-7-6-16-5-4-12-25-16/h4-5,12,14-15H,6-11,13H2,1-3H3,(H,19,24)(H,20,23). The second kappa shape index (κ2) is 9.89. The van der Waals surface area contributed by atoms with E-state index in [4.69, 9.17) is 0 Å². The lowest BCUT2D eigenvalue weighted by Crippen LogP contribution is -2.55. The van der Waals surface area contributed by atoms with Crippen molar-refractivity contribution in [3.05, 3.63) is 22.4 Å². The first kappa shape index (κ1) is 19.9. The summed E-state index contributed by atoms with van der Waals surface area (Å²) >= 11 is 1.72. The van der Waals surface area contributed by atoms with E-state index in [2.05, 4.69) is 31.9 Å². The van der Waals surface area contributed by atoms with Gasteiger partial charge in [0.05, 0.1) is 12.6 Å². The predicted octanol–water partition coefficient (Wildman–Crippen LogP) is 0.938. The van der Waals surface area contributed by atoms with E-state index in [0.717, 1.165) is 32.6 Å². The summed E-state index contributed by atoms with van der Waals surface area (Å²) in [6.07, 6.45) is 0.884. The molecule has 1 aromatic rings. The van der Waals surface area contributed by atoms with Crippen LogP contribution in [0.3, 0.4) is 0 Å². The van der Waals surface area contributed by atoms with Gasteiger partial charge in [-0.15, -0.1) is 11.3 Å². The third-order valence-corrected chi connectivity index (χ3v) is 5.34. The summed E-state index contributed by atoms with van der Waals surface area (Å²) in [7, 11) is 0. The van der Waals surface area contributed by atoms with Crippen molar-refractivity contribution in [2.45, 2.75) is 39.3 Å². The second-order valence-electron chi connectivity index (χ2n) is 6.83. The van der Waals surface area contributed by atoms with Crippen LogP contribution >= 0.6 is 11.3 Å². The summed E-state index contributed by atoms with van der Waals surface area (Å²) < 4.78 is 0. The van der Waals surface area contributed by atoms with Crippen molar-refractivity contribution in [3.63, 3.8) is 0 Å². The number of carbonyl (C=O) groups is 2. The maximum absolute atomic E-state index is 12.3. The van der Waals surface area contributed by atoms with Crippen LogP contribution in [-0.4, -0.2) is 73.0 Å². The summed E-state index contributed by atoms with van der Waals surface area (Å²) in [6, 6.07) is 4.17. The molecule has 6 nitrogen and oxygen atoms in total. The van der Waals surface area contributed by atoms with Gasteiger partial charge in [0.25, 0.3) is 0 Å². The fourth-order valence-corrected chi connectivity index (χ4v) is 3.67. The summed E-state index contributed by atoms with van der Waals surface area (Å²) in [6.45, 7) is 10.3. The van der Waals surface area contributed by atoms with Gasteiger partial charge in [0.2, 0.25) is 11.8 Å². The molecule has 0 saturated carbocycles. The number of rotatable bonds is 8. The molecule has 0 spiro atoms. The Hall–Kier alpha value is -1.44. The van der Waals surface area contributed by atoms with Gasteiger partial charge in [-0.25, -0.2) is 0 Å².